The van der Waals surface area contributed by atoms with Crippen LogP contribution >= 0.6 is 27.3 Å². The number of halogens is 1. The van der Waals surface area contributed by atoms with Crippen molar-refractivity contribution in [3.63, 3.8) is 0 Å². The Balaban J connectivity index is 2.07. The summed E-state index contributed by atoms with van der Waals surface area (Å²) < 4.78 is 12.2. The van der Waals surface area contributed by atoms with E-state index in [0.717, 1.165) is 47.0 Å². The Labute approximate surface area is 149 Å². The lowest BCUT2D eigenvalue weighted by Gasteiger charge is -2.35. The number of hydrogen-bond acceptors (Lipinski definition) is 5. The molecule has 1 aliphatic rings. The minimum absolute atomic E-state index is 0.179. The molecule has 23 heavy (non-hydrogen) atoms. The highest BCUT2D eigenvalue weighted by Crippen LogP contribution is 2.40. The monoisotopic (exact) mass is 396 g/mol. The van der Waals surface area contributed by atoms with Gasteiger partial charge in [-0.25, -0.2) is 0 Å². The first-order chi connectivity index (χ1) is 11.2. The van der Waals surface area contributed by atoms with E-state index in [4.69, 9.17) is 9.47 Å². The molecule has 4 nitrogen and oxygen atoms in total. The molecule has 6 heteroatoms. The van der Waals surface area contributed by atoms with Crippen molar-refractivity contribution in [3.8, 4) is 11.5 Å². The zero-order chi connectivity index (χ0) is 16.2. The van der Waals surface area contributed by atoms with Gasteiger partial charge in [-0.3, -0.25) is 4.90 Å². The molecule has 0 aliphatic carbocycles. The standard InChI is InChI=1S/C17H21BrN2O2S/c1-21-12-3-4-14(22-2)13(11-12)17(15-5-6-16(18)23-15)20-9-7-19-8-10-20/h3-6,11,17,19H,7-10H2,1-2H3. The van der Waals surface area contributed by atoms with E-state index in [1.807, 2.05) is 12.1 Å². The summed E-state index contributed by atoms with van der Waals surface area (Å²) in [6.07, 6.45) is 0. The molecule has 1 unspecified atom stereocenters. The van der Waals surface area contributed by atoms with Gasteiger partial charge in [0.25, 0.3) is 0 Å². The molecule has 1 atom stereocenters. The van der Waals surface area contributed by atoms with Crippen molar-refractivity contribution >= 4 is 27.3 Å². The zero-order valence-electron chi connectivity index (χ0n) is 13.3. The summed E-state index contributed by atoms with van der Waals surface area (Å²) in [7, 11) is 3.43. The molecule has 0 saturated carbocycles. The van der Waals surface area contributed by atoms with Crippen molar-refractivity contribution in [2.75, 3.05) is 40.4 Å². The predicted molar refractivity (Wildman–Crippen MR) is 97.9 cm³/mol. The number of thiophene rings is 1. The van der Waals surface area contributed by atoms with Crippen molar-refractivity contribution < 1.29 is 9.47 Å². The van der Waals surface area contributed by atoms with Crippen LogP contribution in [0.25, 0.3) is 0 Å². The number of nitrogens with zero attached hydrogens (tertiary/aromatic N) is 1. The lowest BCUT2D eigenvalue weighted by Crippen LogP contribution is -2.45. The first kappa shape index (κ1) is 16.8. The van der Waals surface area contributed by atoms with Crippen LogP contribution in [-0.4, -0.2) is 45.3 Å². The molecule has 1 fully saturated rings. The summed E-state index contributed by atoms with van der Waals surface area (Å²) in [4.78, 5) is 3.82. The molecule has 1 saturated heterocycles. The molecule has 0 amide bonds. The second-order valence-electron chi connectivity index (χ2n) is 5.44. The molecule has 1 aliphatic heterocycles. The molecule has 1 aromatic carbocycles. The number of methoxy groups -OCH3 is 2. The molecule has 124 valence electrons. The van der Waals surface area contributed by atoms with Crippen molar-refractivity contribution in [2.45, 2.75) is 6.04 Å². The molecule has 0 spiro atoms. The van der Waals surface area contributed by atoms with Crippen LogP contribution in [0.2, 0.25) is 0 Å². The molecule has 1 aromatic heterocycles. The van der Waals surface area contributed by atoms with Gasteiger partial charge < -0.3 is 14.8 Å². The summed E-state index contributed by atoms with van der Waals surface area (Å²) in [5.41, 5.74) is 1.16. The van der Waals surface area contributed by atoms with E-state index in [1.54, 1.807) is 25.6 Å². The van der Waals surface area contributed by atoms with Gasteiger partial charge in [0.05, 0.1) is 24.0 Å². The molecule has 0 radical (unpaired) electrons. The highest BCUT2D eigenvalue weighted by Gasteiger charge is 2.28. The number of ether oxygens (including phenoxy) is 2. The van der Waals surface area contributed by atoms with E-state index < -0.39 is 0 Å². The van der Waals surface area contributed by atoms with E-state index in [1.165, 1.54) is 4.88 Å². The number of nitrogens with one attached hydrogen (secondary N) is 1. The topological polar surface area (TPSA) is 33.7 Å². The molecular weight excluding hydrogens is 376 g/mol. The Bertz CT molecular complexity index is 656. The van der Waals surface area contributed by atoms with E-state index in [2.05, 4.69) is 44.3 Å². The maximum atomic E-state index is 5.64. The number of hydrogen-bond donors (Lipinski definition) is 1. The third kappa shape index (κ3) is 3.71. The van der Waals surface area contributed by atoms with Gasteiger partial charge in [0.15, 0.2) is 0 Å². The van der Waals surface area contributed by atoms with Crippen LogP contribution in [0.5, 0.6) is 11.5 Å². The van der Waals surface area contributed by atoms with Crippen molar-refractivity contribution in [2.24, 2.45) is 0 Å². The largest absolute Gasteiger partial charge is 0.497 e. The Morgan fingerprint density at radius 2 is 1.91 bits per heavy atom. The maximum Gasteiger partial charge on any atom is 0.124 e. The highest BCUT2D eigenvalue weighted by molar-refractivity contribution is 9.11. The Morgan fingerprint density at radius 3 is 2.52 bits per heavy atom. The predicted octanol–water partition coefficient (Wildman–Crippen LogP) is 3.52. The summed E-state index contributed by atoms with van der Waals surface area (Å²) >= 11 is 5.37. The van der Waals surface area contributed by atoms with Gasteiger partial charge in [-0.15, -0.1) is 11.3 Å². The van der Waals surface area contributed by atoms with Gasteiger partial charge in [-0.05, 0) is 46.3 Å². The average molecular weight is 397 g/mol. The smallest absolute Gasteiger partial charge is 0.124 e. The van der Waals surface area contributed by atoms with Crippen LogP contribution in [0.4, 0.5) is 0 Å². The van der Waals surface area contributed by atoms with E-state index in [0.29, 0.717) is 0 Å². The minimum Gasteiger partial charge on any atom is -0.497 e. The Hall–Kier alpha value is -1.08. The summed E-state index contributed by atoms with van der Waals surface area (Å²) in [6.45, 7) is 4.05. The van der Waals surface area contributed by atoms with Crippen LogP contribution in [-0.2, 0) is 0 Å². The number of rotatable bonds is 5. The van der Waals surface area contributed by atoms with Gasteiger partial charge in [-0.2, -0.15) is 0 Å². The SMILES string of the molecule is COc1ccc(OC)c(C(c2ccc(Br)s2)N2CCNCC2)c1. The third-order valence-corrected chi connectivity index (χ3v) is 5.79. The first-order valence-electron chi connectivity index (χ1n) is 7.65. The van der Waals surface area contributed by atoms with E-state index in [9.17, 15) is 0 Å². The molecular formula is C17H21BrN2O2S. The number of benzene rings is 1. The van der Waals surface area contributed by atoms with Crippen molar-refractivity contribution in [1.29, 1.82) is 0 Å². The molecule has 1 N–H and O–H groups in total. The third-order valence-electron chi connectivity index (χ3n) is 4.11. The quantitative estimate of drug-likeness (QED) is 0.837. The van der Waals surface area contributed by atoms with Crippen LogP contribution in [0, 0.1) is 0 Å². The van der Waals surface area contributed by atoms with Crippen LogP contribution in [0.15, 0.2) is 34.1 Å². The minimum atomic E-state index is 0.179. The van der Waals surface area contributed by atoms with E-state index in [-0.39, 0.29) is 6.04 Å². The average Bonchev–Trinajstić information content (AvgIpc) is 3.02. The van der Waals surface area contributed by atoms with Gasteiger partial charge in [0.2, 0.25) is 0 Å². The molecule has 0 bridgehead atoms. The van der Waals surface area contributed by atoms with Gasteiger partial charge in [0.1, 0.15) is 11.5 Å². The highest BCUT2D eigenvalue weighted by atomic mass is 79.9. The zero-order valence-corrected chi connectivity index (χ0v) is 15.7. The molecule has 2 aromatic rings. The van der Waals surface area contributed by atoms with Gasteiger partial charge >= 0.3 is 0 Å². The molecule has 3 rings (SSSR count). The second-order valence-corrected chi connectivity index (χ2v) is 7.93. The van der Waals surface area contributed by atoms with Crippen LogP contribution in [0.1, 0.15) is 16.5 Å². The fraction of sp³-hybridized carbons (Fsp3) is 0.412. The van der Waals surface area contributed by atoms with Gasteiger partial charge in [0, 0.05) is 36.6 Å². The van der Waals surface area contributed by atoms with Crippen LogP contribution in [0.3, 0.4) is 0 Å². The fourth-order valence-electron chi connectivity index (χ4n) is 3.00. The number of piperazine rings is 1. The maximum absolute atomic E-state index is 5.64. The normalized spacial score (nSPS) is 17.0. The van der Waals surface area contributed by atoms with Crippen molar-refractivity contribution in [3.05, 3.63) is 44.6 Å². The summed E-state index contributed by atoms with van der Waals surface area (Å²) in [5.74, 6) is 1.76. The lowest BCUT2D eigenvalue weighted by molar-refractivity contribution is 0.197. The Kier molecular flexibility index (Phi) is 5.58. The first-order valence-corrected chi connectivity index (χ1v) is 9.26. The van der Waals surface area contributed by atoms with E-state index >= 15 is 0 Å². The van der Waals surface area contributed by atoms with Gasteiger partial charge in [-0.1, -0.05) is 0 Å². The summed E-state index contributed by atoms with van der Waals surface area (Å²) in [6, 6.07) is 10.5. The second kappa shape index (κ2) is 7.66. The lowest BCUT2D eigenvalue weighted by atomic mass is 10.0. The van der Waals surface area contributed by atoms with Crippen LogP contribution < -0.4 is 14.8 Å². The molecule has 2 heterocycles. The Morgan fingerprint density at radius 1 is 1.13 bits per heavy atom. The van der Waals surface area contributed by atoms with Crippen molar-refractivity contribution in [1.82, 2.24) is 10.2 Å². The summed E-state index contributed by atoms with van der Waals surface area (Å²) in [5, 5.41) is 3.43. The fourth-order valence-corrected chi connectivity index (χ4v) is 4.58.